The van der Waals surface area contributed by atoms with Crippen molar-refractivity contribution in [3.63, 3.8) is 0 Å². The fourth-order valence-corrected chi connectivity index (χ4v) is 3.51. The summed E-state index contributed by atoms with van der Waals surface area (Å²) in [7, 11) is -1.64. The Kier molecular flexibility index (Phi) is 5.07. The molecule has 0 aromatic heterocycles. The summed E-state index contributed by atoms with van der Waals surface area (Å²) < 4.78 is 26.0. The van der Waals surface area contributed by atoms with Gasteiger partial charge in [0.1, 0.15) is 0 Å². The van der Waals surface area contributed by atoms with Gasteiger partial charge in [-0.05, 0) is 37.5 Å². The molecule has 112 valence electrons. The Hall–Kier alpha value is -0.620. The van der Waals surface area contributed by atoms with Crippen molar-refractivity contribution in [2.24, 2.45) is 0 Å². The molecule has 1 N–H and O–H groups in total. The van der Waals surface area contributed by atoms with Crippen molar-refractivity contribution in [2.75, 3.05) is 19.3 Å². The minimum Gasteiger partial charge on any atom is -0.313 e. The zero-order valence-electron chi connectivity index (χ0n) is 11.8. The lowest BCUT2D eigenvalue weighted by atomic mass is 10.1. The highest BCUT2D eigenvalue weighted by molar-refractivity contribution is 7.89. The van der Waals surface area contributed by atoms with E-state index >= 15 is 0 Å². The van der Waals surface area contributed by atoms with Gasteiger partial charge in [-0.15, -0.1) is 0 Å². The van der Waals surface area contributed by atoms with Crippen LogP contribution in [0.15, 0.2) is 24.3 Å². The Morgan fingerprint density at radius 1 is 1.45 bits per heavy atom. The molecular weight excluding hydrogens is 296 g/mol. The van der Waals surface area contributed by atoms with E-state index in [1.807, 2.05) is 19.1 Å². The molecule has 1 aromatic rings. The van der Waals surface area contributed by atoms with Crippen molar-refractivity contribution in [2.45, 2.75) is 31.8 Å². The van der Waals surface area contributed by atoms with E-state index in [0.717, 1.165) is 18.4 Å². The SMILES string of the molecule is CC(c1cccc(Cl)c1)N(C)S(=O)(=O)CCNC1CC1. The summed E-state index contributed by atoms with van der Waals surface area (Å²) in [6, 6.07) is 7.63. The minimum absolute atomic E-state index is 0.130. The van der Waals surface area contributed by atoms with E-state index in [4.69, 9.17) is 11.6 Å². The zero-order valence-corrected chi connectivity index (χ0v) is 13.4. The molecule has 20 heavy (non-hydrogen) atoms. The molecule has 1 saturated carbocycles. The number of rotatable bonds is 7. The van der Waals surface area contributed by atoms with E-state index in [9.17, 15) is 8.42 Å². The monoisotopic (exact) mass is 316 g/mol. The van der Waals surface area contributed by atoms with Gasteiger partial charge in [0.2, 0.25) is 10.0 Å². The molecule has 0 aliphatic heterocycles. The van der Waals surface area contributed by atoms with Gasteiger partial charge in [-0.1, -0.05) is 23.7 Å². The van der Waals surface area contributed by atoms with Crippen molar-refractivity contribution in [1.29, 1.82) is 0 Å². The van der Waals surface area contributed by atoms with Crippen LogP contribution >= 0.6 is 11.6 Å². The molecule has 1 aromatic carbocycles. The van der Waals surface area contributed by atoms with Crippen molar-refractivity contribution >= 4 is 21.6 Å². The maximum absolute atomic E-state index is 12.3. The van der Waals surface area contributed by atoms with Crippen LogP contribution in [0.25, 0.3) is 0 Å². The first-order chi connectivity index (χ1) is 9.40. The fraction of sp³-hybridized carbons (Fsp3) is 0.571. The second-order valence-electron chi connectivity index (χ2n) is 5.29. The number of hydrogen-bond donors (Lipinski definition) is 1. The predicted octanol–water partition coefficient (Wildman–Crippen LogP) is 2.41. The van der Waals surface area contributed by atoms with Crippen LogP contribution < -0.4 is 5.32 Å². The predicted molar refractivity (Wildman–Crippen MR) is 82.4 cm³/mol. The smallest absolute Gasteiger partial charge is 0.215 e. The van der Waals surface area contributed by atoms with Crippen molar-refractivity contribution in [3.05, 3.63) is 34.9 Å². The van der Waals surface area contributed by atoms with Gasteiger partial charge in [-0.3, -0.25) is 0 Å². The van der Waals surface area contributed by atoms with Crippen LogP contribution in [0.3, 0.4) is 0 Å². The average Bonchev–Trinajstić information content (AvgIpc) is 3.21. The number of sulfonamides is 1. The summed E-state index contributed by atoms with van der Waals surface area (Å²) in [5.41, 5.74) is 0.902. The third-order valence-electron chi connectivity index (χ3n) is 3.69. The summed E-state index contributed by atoms with van der Waals surface area (Å²) in [6.07, 6.45) is 2.32. The number of halogens is 1. The molecule has 4 nitrogen and oxygen atoms in total. The molecule has 0 bridgehead atoms. The normalized spacial score (nSPS) is 17.4. The molecule has 1 aliphatic rings. The lowest BCUT2D eigenvalue weighted by molar-refractivity contribution is 0.397. The topological polar surface area (TPSA) is 49.4 Å². The first-order valence-corrected chi connectivity index (χ1v) is 8.83. The number of hydrogen-bond acceptors (Lipinski definition) is 3. The lowest BCUT2D eigenvalue weighted by Crippen LogP contribution is -2.35. The molecule has 1 aliphatic carbocycles. The van der Waals surface area contributed by atoms with Gasteiger partial charge < -0.3 is 5.32 Å². The van der Waals surface area contributed by atoms with Gasteiger partial charge in [0, 0.05) is 30.7 Å². The molecular formula is C14H21ClN2O2S. The highest BCUT2D eigenvalue weighted by Gasteiger charge is 2.26. The standard InChI is InChI=1S/C14H21ClN2O2S/c1-11(12-4-3-5-13(15)10-12)17(2)20(18,19)9-8-16-14-6-7-14/h3-5,10-11,14,16H,6-9H2,1-2H3. The summed E-state index contributed by atoms with van der Waals surface area (Å²) in [6.45, 7) is 2.39. The third kappa shape index (κ3) is 4.19. The van der Waals surface area contributed by atoms with Gasteiger partial charge in [0.15, 0.2) is 0 Å². The Morgan fingerprint density at radius 3 is 2.75 bits per heavy atom. The molecule has 0 radical (unpaired) electrons. The number of nitrogens with zero attached hydrogens (tertiary/aromatic N) is 1. The number of benzene rings is 1. The molecule has 0 saturated heterocycles. The van der Waals surface area contributed by atoms with Gasteiger partial charge >= 0.3 is 0 Å². The Morgan fingerprint density at radius 2 is 2.15 bits per heavy atom. The molecule has 2 rings (SSSR count). The highest BCUT2D eigenvalue weighted by Crippen LogP contribution is 2.24. The van der Waals surface area contributed by atoms with Gasteiger partial charge in [0.25, 0.3) is 0 Å². The van der Waals surface area contributed by atoms with E-state index in [2.05, 4.69) is 5.32 Å². The van der Waals surface area contributed by atoms with E-state index < -0.39 is 10.0 Å². The number of nitrogens with one attached hydrogen (secondary N) is 1. The van der Waals surface area contributed by atoms with Gasteiger partial charge in [-0.25, -0.2) is 8.42 Å². The summed E-state index contributed by atoms with van der Waals surface area (Å²) >= 11 is 5.96. The van der Waals surface area contributed by atoms with Crippen LogP contribution in [0.5, 0.6) is 0 Å². The molecule has 1 atom stereocenters. The first-order valence-electron chi connectivity index (χ1n) is 6.85. The van der Waals surface area contributed by atoms with Gasteiger partial charge in [-0.2, -0.15) is 4.31 Å². The van der Waals surface area contributed by atoms with Crippen molar-refractivity contribution in [1.82, 2.24) is 9.62 Å². The maximum atomic E-state index is 12.3. The molecule has 0 heterocycles. The van der Waals surface area contributed by atoms with Crippen LogP contribution in [-0.2, 0) is 10.0 Å². The third-order valence-corrected chi connectivity index (χ3v) is 5.83. The zero-order chi connectivity index (χ0) is 14.8. The Bertz CT molecular complexity index is 558. The van der Waals surface area contributed by atoms with Gasteiger partial charge in [0.05, 0.1) is 5.75 Å². The summed E-state index contributed by atoms with van der Waals surface area (Å²) in [5, 5.41) is 3.85. The van der Waals surface area contributed by atoms with Crippen LogP contribution in [0.1, 0.15) is 31.4 Å². The van der Waals surface area contributed by atoms with E-state index in [1.165, 1.54) is 4.31 Å². The minimum atomic E-state index is -3.26. The van der Waals surface area contributed by atoms with Crippen molar-refractivity contribution < 1.29 is 8.42 Å². The Balaban J connectivity index is 1.98. The maximum Gasteiger partial charge on any atom is 0.215 e. The largest absolute Gasteiger partial charge is 0.313 e. The molecule has 6 heteroatoms. The Labute approximate surface area is 126 Å². The van der Waals surface area contributed by atoms with Crippen LogP contribution in [-0.4, -0.2) is 38.1 Å². The average molecular weight is 317 g/mol. The highest BCUT2D eigenvalue weighted by atomic mass is 35.5. The molecule has 0 spiro atoms. The van der Waals surface area contributed by atoms with E-state index in [1.54, 1.807) is 19.2 Å². The summed E-state index contributed by atoms with van der Waals surface area (Å²) in [5.74, 6) is 0.130. The van der Waals surface area contributed by atoms with Crippen molar-refractivity contribution in [3.8, 4) is 0 Å². The molecule has 0 amide bonds. The van der Waals surface area contributed by atoms with Crippen LogP contribution in [0.4, 0.5) is 0 Å². The first kappa shape index (κ1) is 15.8. The molecule has 1 fully saturated rings. The summed E-state index contributed by atoms with van der Waals surface area (Å²) in [4.78, 5) is 0. The second-order valence-corrected chi connectivity index (χ2v) is 7.88. The molecule has 1 unspecified atom stereocenters. The van der Waals surface area contributed by atoms with E-state index in [-0.39, 0.29) is 11.8 Å². The quantitative estimate of drug-likeness (QED) is 0.840. The second kappa shape index (κ2) is 6.43. The fourth-order valence-electron chi connectivity index (χ4n) is 2.04. The van der Waals surface area contributed by atoms with E-state index in [0.29, 0.717) is 17.6 Å². The van der Waals surface area contributed by atoms with Crippen LogP contribution in [0, 0.1) is 0 Å². The van der Waals surface area contributed by atoms with Crippen LogP contribution in [0.2, 0.25) is 5.02 Å². The lowest BCUT2D eigenvalue weighted by Gasteiger charge is -2.25.